The average molecular weight is 461 g/mol. The monoisotopic (exact) mass is 460 g/mol. The molecule has 8 nitrogen and oxygen atoms in total. The van der Waals surface area contributed by atoms with Crippen LogP contribution < -0.4 is 10.1 Å². The van der Waals surface area contributed by atoms with Crippen LogP contribution in [0.5, 0.6) is 5.88 Å². The molecule has 0 spiro atoms. The van der Waals surface area contributed by atoms with Gasteiger partial charge in [0, 0.05) is 12.4 Å². The van der Waals surface area contributed by atoms with Gasteiger partial charge >= 0.3 is 6.09 Å². The topological polar surface area (TPSA) is 98.5 Å². The Morgan fingerprint density at radius 3 is 2.69 bits per heavy atom. The van der Waals surface area contributed by atoms with E-state index in [9.17, 15) is 9.90 Å². The number of aliphatic hydroxyl groups is 1. The third kappa shape index (κ3) is 6.34. The van der Waals surface area contributed by atoms with Gasteiger partial charge in [-0.1, -0.05) is 41.9 Å². The standard InChI is InChI=1S/C23H29ClN4O4/c1-23(2,3)32-22(30)27-19(15-9-6-5-7-10-15)17(29)11-8-12-31-21-20-16(13-18(24)26-21)14-25-28(20)4/h5-7,9-10,13-14,17,19,29H,8,11-12H2,1-4H3,(H,27,30). The fourth-order valence-electron chi connectivity index (χ4n) is 3.36. The lowest BCUT2D eigenvalue weighted by molar-refractivity contribution is 0.0405. The number of aliphatic hydroxyl groups excluding tert-OH is 1. The van der Waals surface area contributed by atoms with E-state index in [0.29, 0.717) is 30.5 Å². The Morgan fingerprint density at radius 1 is 1.28 bits per heavy atom. The van der Waals surface area contributed by atoms with Crippen molar-refractivity contribution >= 4 is 28.6 Å². The van der Waals surface area contributed by atoms with Crippen LogP contribution in [0.1, 0.15) is 45.2 Å². The minimum Gasteiger partial charge on any atom is -0.476 e. The van der Waals surface area contributed by atoms with E-state index in [1.54, 1.807) is 44.8 Å². The first-order chi connectivity index (χ1) is 15.1. The summed E-state index contributed by atoms with van der Waals surface area (Å²) in [5.41, 5.74) is 0.911. The maximum atomic E-state index is 12.3. The molecule has 3 rings (SSSR count). The van der Waals surface area contributed by atoms with Gasteiger partial charge in [0.25, 0.3) is 0 Å². The largest absolute Gasteiger partial charge is 0.476 e. The Labute approximate surface area is 192 Å². The summed E-state index contributed by atoms with van der Waals surface area (Å²) in [7, 11) is 1.81. The molecule has 0 saturated heterocycles. The molecule has 9 heteroatoms. The fourth-order valence-corrected chi connectivity index (χ4v) is 3.55. The predicted molar refractivity (Wildman–Crippen MR) is 123 cm³/mol. The summed E-state index contributed by atoms with van der Waals surface area (Å²) in [6.07, 6.45) is 1.21. The number of amides is 1. The number of hydrogen-bond acceptors (Lipinski definition) is 6. The third-order valence-electron chi connectivity index (χ3n) is 4.75. The molecule has 3 aromatic rings. The van der Waals surface area contributed by atoms with E-state index in [4.69, 9.17) is 21.1 Å². The number of ether oxygens (including phenoxy) is 2. The number of halogens is 1. The van der Waals surface area contributed by atoms with E-state index in [2.05, 4.69) is 15.4 Å². The molecular weight excluding hydrogens is 432 g/mol. The molecule has 0 aliphatic rings. The lowest BCUT2D eigenvalue weighted by Gasteiger charge is -2.27. The van der Waals surface area contributed by atoms with Gasteiger partial charge in [-0.05, 0) is 45.2 Å². The Morgan fingerprint density at radius 2 is 2.00 bits per heavy atom. The number of alkyl carbamates (subject to hydrolysis) is 1. The van der Waals surface area contributed by atoms with E-state index in [-0.39, 0.29) is 0 Å². The Balaban J connectivity index is 1.62. The number of benzene rings is 1. The predicted octanol–water partition coefficient (Wildman–Crippen LogP) is 4.41. The van der Waals surface area contributed by atoms with Gasteiger partial charge in [-0.25, -0.2) is 4.79 Å². The summed E-state index contributed by atoms with van der Waals surface area (Å²) in [5, 5.41) is 19.0. The first-order valence-electron chi connectivity index (χ1n) is 10.5. The van der Waals surface area contributed by atoms with Crippen molar-refractivity contribution in [2.45, 2.75) is 51.4 Å². The van der Waals surface area contributed by atoms with Crippen molar-refractivity contribution in [2.24, 2.45) is 7.05 Å². The highest BCUT2D eigenvalue weighted by Gasteiger charge is 2.26. The van der Waals surface area contributed by atoms with Crippen LogP contribution in [0, 0.1) is 0 Å². The molecular formula is C23H29ClN4O4. The van der Waals surface area contributed by atoms with Crippen molar-refractivity contribution < 1.29 is 19.4 Å². The Kier molecular flexibility index (Phi) is 7.58. The smallest absolute Gasteiger partial charge is 0.408 e. The number of fused-ring (bicyclic) bond motifs is 1. The molecule has 2 aromatic heterocycles. The van der Waals surface area contributed by atoms with Crippen LogP contribution in [-0.4, -0.2) is 44.3 Å². The zero-order chi connectivity index (χ0) is 23.3. The minimum absolute atomic E-state index is 0.318. The number of nitrogens with zero attached hydrogens (tertiary/aromatic N) is 3. The number of carbonyl (C=O) groups excluding carboxylic acids is 1. The molecule has 0 aliphatic heterocycles. The van der Waals surface area contributed by atoms with E-state index < -0.39 is 23.8 Å². The van der Waals surface area contributed by atoms with E-state index in [0.717, 1.165) is 16.5 Å². The molecule has 2 atom stereocenters. The van der Waals surface area contributed by atoms with Crippen LogP contribution >= 0.6 is 11.6 Å². The van der Waals surface area contributed by atoms with Gasteiger partial charge < -0.3 is 19.9 Å². The molecule has 2 unspecified atom stereocenters. The number of pyridine rings is 1. The maximum absolute atomic E-state index is 12.3. The maximum Gasteiger partial charge on any atom is 0.408 e. The van der Waals surface area contributed by atoms with Crippen LogP contribution in [0.4, 0.5) is 4.79 Å². The zero-order valence-corrected chi connectivity index (χ0v) is 19.5. The van der Waals surface area contributed by atoms with Crippen LogP contribution in [0.3, 0.4) is 0 Å². The fraction of sp³-hybridized carbons (Fsp3) is 0.435. The van der Waals surface area contributed by atoms with Gasteiger partial charge in [-0.15, -0.1) is 0 Å². The normalized spacial score (nSPS) is 13.6. The lowest BCUT2D eigenvalue weighted by Crippen LogP contribution is -2.39. The molecule has 2 heterocycles. The second kappa shape index (κ2) is 10.2. The quantitative estimate of drug-likeness (QED) is 0.381. The first kappa shape index (κ1) is 23.8. The van der Waals surface area contributed by atoms with Crippen molar-refractivity contribution in [3.63, 3.8) is 0 Å². The van der Waals surface area contributed by atoms with E-state index >= 15 is 0 Å². The number of carbonyl (C=O) groups is 1. The van der Waals surface area contributed by atoms with Crippen molar-refractivity contribution in [2.75, 3.05) is 6.61 Å². The lowest BCUT2D eigenvalue weighted by atomic mass is 9.98. The number of aromatic nitrogens is 3. The molecule has 32 heavy (non-hydrogen) atoms. The summed E-state index contributed by atoms with van der Waals surface area (Å²) >= 11 is 6.08. The molecule has 2 N–H and O–H groups in total. The highest BCUT2D eigenvalue weighted by Crippen LogP contribution is 2.27. The molecule has 1 aromatic carbocycles. The summed E-state index contributed by atoms with van der Waals surface area (Å²) in [5.74, 6) is 0.397. The number of aryl methyl sites for hydroxylation is 1. The van der Waals surface area contributed by atoms with Crippen molar-refractivity contribution in [3.8, 4) is 5.88 Å². The van der Waals surface area contributed by atoms with E-state index in [1.807, 2.05) is 30.3 Å². The van der Waals surface area contributed by atoms with Crippen LogP contribution in [0.25, 0.3) is 10.9 Å². The molecule has 0 aliphatic carbocycles. The average Bonchev–Trinajstić information content (AvgIpc) is 3.09. The van der Waals surface area contributed by atoms with E-state index in [1.165, 1.54) is 0 Å². The highest BCUT2D eigenvalue weighted by atomic mass is 35.5. The number of nitrogens with one attached hydrogen (secondary N) is 1. The van der Waals surface area contributed by atoms with Crippen LogP contribution in [-0.2, 0) is 11.8 Å². The second-order valence-electron chi connectivity index (χ2n) is 8.55. The summed E-state index contributed by atoms with van der Waals surface area (Å²) in [6.45, 7) is 5.70. The molecule has 172 valence electrons. The van der Waals surface area contributed by atoms with Gasteiger partial charge in [0.15, 0.2) is 0 Å². The minimum atomic E-state index is -0.836. The Hall–Kier alpha value is -2.84. The number of hydrogen-bond donors (Lipinski definition) is 2. The summed E-state index contributed by atoms with van der Waals surface area (Å²) in [4.78, 5) is 16.6. The van der Waals surface area contributed by atoms with Crippen molar-refractivity contribution in [3.05, 3.63) is 53.3 Å². The summed E-state index contributed by atoms with van der Waals surface area (Å²) < 4.78 is 12.9. The SMILES string of the molecule is Cn1ncc2cc(Cl)nc(OCCCC(O)C(NC(=O)OC(C)(C)C)c3ccccc3)c21. The van der Waals surface area contributed by atoms with Crippen LogP contribution in [0.15, 0.2) is 42.6 Å². The van der Waals surface area contributed by atoms with Crippen LogP contribution in [0.2, 0.25) is 5.15 Å². The van der Waals surface area contributed by atoms with Gasteiger partial charge in [-0.2, -0.15) is 10.1 Å². The molecule has 0 radical (unpaired) electrons. The molecule has 1 amide bonds. The molecule has 0 saturated carbocycles. The van der Waals surface area contributed by atoms with Crippen molar-refractivity contribution in [1.82, 2.24) is 20.1 Å². The van der Waals surface area contributed by atoms with Gasteiger partial charge in [0.05, 0.1) is 24.9 Å². The number of rotatable bonds is 8. The molecule has 0 bridgehead atoms. The highest BCUT2D eigenvalue weighted by molar-refractivity contribution is 6.30. The Bertz CT molecular complexity index is 1050. The van der Waals surface area contributed by atoms with Crippen molar-refractivity contribution in [1.29, 1.82) is 0 Å². The third-order valence-corrected chi connectivity index (χ3v) is 4.94. The van der Waals surface area contributed by atoms with Gasteiger partial charge in [0.2, 0.25) is 5.88 Å². The first-order valence-corrected chi connectivity index (χ1v) is 10.9. The van der Waals surface area contributed by atoms with Gasteiger partial charge in [0.1, 0.15) is 16.3 Å². The summed E-state index contributed by atoms with van der Waals surface area (Å²) in [6, 6.07) is 10.4. The zero-order valence-electron chi connectivity index (χ0n) is 18.7. The molecule has 0 fully saturated rings. The van der Waals surface area contributed by atoms with Gasteiger partial charge in [-0.3, -0.25) is 4.68 Å². The second-order valence-corrected chi connectivity index (χ2v) is 8.94.